The molecule has 0 aromatic heterocycles. The van der Waals surface area contributed by atoms with Crippen LogP contribution >= 0.6 is 22.7 Å². The molecule has 0 spiro atoms. The molecule has 0 bridgehead atoms. The molecule has 0 unspecified atom stereocenters. The van der Waals surface area contributed by atoms with Crippen molar-refractivity contribution in [3.63, 3.8) is 0 Å². The second-order valence-electron chi connectivity index (χ2n) is 2.01. The zero-order chi connectivity index (χ0) is 7.56. The van der Waals surface area contributed by atoms with Crippen molar-refractivity contribution >= 4 is 36.0 Å². The van der Waals surface area contributed by atoms with Gasteiger partial charge in [-0.1, -0.05) is 36.3 Å². The Kier molecular flexibility index (Phi) is 2.78. The molecule has 0 aliphatic rings. The van der Waals surface area contributed by atoms with Crippen LogP contribution in [0.4, 0.5) is 0 Å². The molecule has 53 valence electrons. The third kappa shape index (κ3) is 1.75. The van der Waals surface area contributed by atoms with Gasteiger partial charge >= 0.3 is 0 Å². The van der Waals surface area contributed by atoms with Crippen molar-refractivity contribution < 1.29 is 0 Å². The van der Waals surface area contributed by atoms with Crippen LogP contribution in [-0.4, -0.2) is 8.11 Å². The van der Waals surface area contributed by atoms with E-state index in [0.29, 0.717) is 0 Å². The molecule has 0 heterocycles. The molecule has 1 radical (unpaired) electrons. The van der Waals surface area contributed by atoms with E-state index >= 15 is 0 Å². The Bertz CT molecular complexity index is 223. The van der Waals surface area contributed by atoms with Crippen LogP contribution in [-0.2, 0) is 0 Å². The Balaban J connectivity index is 3.03. The Hall–Kier alpha value is 0.0169. The smallest absolute Gasteiger partial charge is 0.163 e. The van der Waals surface area contributed by atoms with E-state index in [0.717, 1.165) is 10.2 Å². The molecule has 10 heavy (non-hydrogen) atoms. The highest BCUT2D eigenvalue weighted by Gasteiger charge is 2.06. The summed E-state index contributed by atoms with van der Waals surface area (Å²) in [6.45, 7) is 2.01. The van der Waals surface area contributed by atoms with Crippen molar-refractivity contribution in [3.8, 4) is 0 Å². The van der Waals surface area contributed by atoms with E-state index in [1.165, 1.54) is 0 Å². The summed E-state index contributed by atoms with van der Waals surface area (Å²) >= 11 is 11.8. The number of rotatable bonds is 1. The maximum Gasteiger partial charge on any atom is 0.197 e. The zero-order valence-electron chi connectivity index (χ0n) is 5.57. The summed E-state index contributed by atoms with van der Waals surface area (Å²) in [5.41, 5.74) is 0. The van der Waals surface area contributed by atoms with E-state index in [1.807, 2.05) is 30.8 Å². The summed E-state index contributed by atoms with van der Waals surface area (Å²) in [5.74, 6) is 0. The van der Waals surface area contributed by atoms with Gasteiger partial charge in [0.2, 0.25) is 0 Å². The highest BCUT2D eigenvalue weighted by molar-refractivity contribution is 7.14. The molecule has 0 aliphatic carbocycles. The standard InChI is InChI=1S/C7H7Cl2Si/c1-10(9)7-5-3-2-4-6(7)8/h2-5H,1H3. The van der Waals surface area contributed by atoms with Gasteiger partial charge in [-0.2, -0.15) is 11.1 Å². The first-order valence-electron chi connectivity index (χ1n) is 2.96. The Labute approximate surface area is 72.1 Å². The SMILES string of the molecule is C[Si](Cl)c1ccccc1Cl. The maximum atomic E-state index is 5.93. The van der Waals surface area contributed by atoms with E-state index in [4.69, 9.17) is 22.7 Å². The van der Waals surface area contributed by atoms with Gasteiger partial charge in [0.1, 0.15) is 0 Å². The first kappa shape index (κ1) is 8.12. The molecule has 1 rings (SSSR count). The van der Waals surface area contributed by atoms with E-state index in [9.17, 15) is 0 Å². The van der Waals surface area contributed by atoms with Gasteiger partial charge < -0.3 is 0 Å². The fraction of sp³-hybridized carbons (Fsp3) is 0.143. The van der Waals surface area contributed by atoms with Crippen LogP contribution in [0.2, 0.25) is 11.6 Å². The molecular weight excluding hydrogens is 183 g/mol. The maximum absolute atomic E-state index is 5.93. The van der Waals surface area contributed by atoms with Gasteiger partial charge in [-0.3, -0.25) is 0 Å². The second-order valence-corrected chi connectivity index (χ2v) is 5.73. The molecular formula is C7H7Cl2Si. The van der Waals surface area contributed by atoms with Crippen LogP contribution < -0.4 is 5.19 Å². The van der Waals surface area contributed by atoms with Crippen molar-refractivity contribution in [1.82, 2.24) is 0 Å². The Morgan fingerprint density at radius 2 is 1.90 bits per heavy atom. The van der Waals surface area contributed by atoms with Crippen molar-refractivity contribution in [3.05, 3.63) is 29.3 Å². The normalized spacial score (nSPS) is 10.4. The van der Waals surface area contributed by atoms with E-state index in [-0.39, 0.29) is 0 Å². The van der Waals surface area contributed by atoms with Crippen molar-refractivity contribution in [2.75, 3.05) is 0 Å². The number of hydrogen-bond acceptors (Lipinski definition) is 0. The van der Waals surface area contributed by atoms with Crippen LogP contribution in [0.3, 0.4) is 0 Å². The summed E-state index contributed by atoms with van der Waals surface area (Å²) in [4.78, 5) is 0. The molecule has 1 aromatic rings. The fourth-order valence-electron chi connectivity index (χ4n) is 0.741. The monoisotopic (exact) mass is 189 g/mol. The van der Waals surface area contributed by atoms with Crippen molar-refractivity contribution in [1.29, 1.82) is 0 Å². The minimum atomic E-state index is -0.902. The minimum absolute atomic E-state index is 0.786. The third-order valence-corrected chi connectivity index (χ3v) is 3.52. The number of halogens is 2. The molecule has 0 nitrogen and oxygen atoms in total. The lowest BCUT2D eigenvalue weighted by atomic mass is 10.4. The molecule has 0 fully saturated rings. The van der Waals surface area contributed by atoms with Crippen LogP contribution in [0.15, 0.2) is 24.3 Å². The second kappa shape index (κ2) is 3.42. The van der Waals surface area contributed by atoms with Gasteiger partial charge in [0.15, 0.2) is 8.11 Å². The zero-order valence-corrected chi connectivity index (χ0v) is 8.08. The van der Waals surface area contributed by atoms with E-state index in [1.54, 1.807) is 0 Å². The van der Waals surface area contributed by atoms with Gasteiger partial charge in [-0.15, -0.1) is 0 Å². The summed E-state index contributed by atoms with van der Waals surface area (Å²) < 4.78 is 0. The predicted molar refractivity (Wildman–Crippen MR) is 48.6 cm³/mol. The molecule has 0 N–H and O–H groups in total. The highest BCUT2D eigenvalue weighted by atomic mass is 35.6. The lowest BCUT2D eigenvalue weighted by molar-refractivity contribution is 1.76. The van der Waals surface area contributed by atoms with Crippen molar-refractivity contribution in [2.45, 2.75) is 6.55 Å². The Morgan fingerprint density at radius 3 is 2.30 bits per heavy atom. The average molecular weight is 190 g/mol. The number of benzene rings is 1. The summed E-state index contributed by atoms with van der Waals surface area (Å²) in [6.07, 6.45) is 0. The first-order chi connectivity index (χ1) is 4.72. The van der Waals surface area contributed by atoms with E-state index in [2.05, 4.69) is 0 Å². The lowest BCUT2D eigenvalue weighted by Crippen LogP contribution is -2.20. The first-order valence-corrected chi connectivity index (χ1v) is 6.35. The quantitative estimate of drug-likeness (QED) is 0.471. The van der Waals surface area contributed by atoms with Crippen LogP contribution in [0.1, 0.15) is 0 Å². The van der Waals surface area contributed by atoms with Crippen LogP contribution in [0.5, 0.6) is 0 Å². The molecule has 0 amide bonds. The summed E-state index contributed by atoms with van der Waals surface area (Å²) in [5, 5.41) is 1.88. The lowest BCUT2D eigenvalue weighted by Gasteiger charge is -2.01. The summed E-state index contributed by atoms with van der Waals surface area (Å²) in [7, 11) is -0.902. The van der Waals surface area contributed by atoms with Crippen LogP contribution in [0.25, 0.3) is 0 Å². The van der Waals surface area contributed by atoms with Crippen LogP contribution in [0, 0.1) is 0 Å². The highest BCUT2D eigenvalue weighted by Crippen LogP contribution is 2.06. The van der Waals surface area contributed by atoms with Gasteiger partial charge in [0.05, 0.1) is 0 Å². The molecule has 0 aliphatic heterocycles. The fourth-order valence-corrected chi connectivity index (χ4v) is 2.68. The molecule has 0 atom stereocenters. The average Bonchev–Trinajstić information content (AvgIpc) is 1.88. The van der Waals surface area contributed by atoms with Gasteiger partial charge in [0.25, 0.3) is 0 Å². The minimum Gasteiger partial charge on any atom is -0.163 e. The predicted octanol–water partition coefficient (Wildman–Crippen LogP) is 2.41. The molecule has 0 saturated heterocycles. The Morgan fingerprint density at radius 1 is 1.30 bits per heavy atom. The topological polar surface area (TPSA) is 0 Å². The van der Waals surface area contributed by atoms with E-state index < -0.39 is 8.11 Å². The molecule has 0 saturated carbocycles. The molecule has 3 heteroatoms. The summed E-state index contributed by atoms with van der Waals surface area (Å²) in [6, 6.07) is 7.71. The molecule has 1 aromatic carbocycles. The number of hydrogen-bond donors (Lipinski definition) is 0. The van der Waals surface area contributed by atoms with Crippen molar-refractivity contribution in [2.24, 2.45) is 0 Å². The van der Waals surface area contributed by atoms with Gasteiger partial charge in [-0.05, 0) is 11.3 Å². The largest absolute Gasteiger partial charge is 0.197 e. The van der Waals surface area contributed by atoms with Gasteiger partial charge in [0, 0.05) is 5.02 Å². The van der Waals surface area contributed by atoms with Gasteiger partial charge in [-0.25, -0.2) is 0 Å². The third-order valence-electron chi connectivity index (χ3n) is 1.24.